The van der Waals surface area contributed by atoms with Gasteiger partial charge in [-0.2, -0.15) is 13.2 Å². The summed E-state index contributed by atoms with van der Waals surface area (Å²) in [5.41, 5.74) is -0.597. The molecule has 0 saturated carbocycles. The third kappa shape index (κ3) is 3.10. The number of amides is 1. The van der Waals surface area contributed by atoms with Gasteiger partial charge >= 0.3 is 6.18 Å². The molecule has 1 N–H and O–H groups in total. The standard InChI is InChI=1S/C17H11F4NO2/c18-11-7-5-10(6-8-11)15-14(9-24-15)22-16(23)12-3-1-2-4-13(12)17(19,20)21/h1-8H,9H2,(H,22,23). The fraction of sp³-hybridized carbons (Fsp3) is 0.118. The van der Waals surface area contributed by atoms with Gasteiger partial charge in [0.1, 0.15) is 18.2 Å². The quantitative estimate of drug-likeness (QED) is 0.861. The van der Waals surface area contributed by atoms with Crippen molar-refractivity contribution in [2.75, 3.05) is 6.61 Å². The number of carbonyl (C=O) groups excluding carboxylic acids is 1. The van der Waals surface area contributed by atoms with E-state index in [4.69, 9.17) is 4.74 Å². The molecule has 0 unspecified atom stereocenters. The van der Waals surface area contributed by atoms with Gasteiger partial charge in [0, 0.05) is 5.56 Å². The Labute approximate surface area is 134 Å². The first-order valence-corrected chi connectivity index (χ1v) is 6.96. The summed E-state index contributed by atoms with van der Waals surface area (Å²) in [5.74, 6) is -0.989. The number of halogens is 4. The smallest absolute Gasteiger partial charge is 0.417 e. The minimum absolute atomic E-state index is 0.0621. The van der Waals surface area contributed by atoms with Gasteiger partial charge in [-0.1, -0.05) is 12.1 Å². The molecular formula is C17H11F4NO2. The van der Waals surface area contributed by atoms with Crippen LogP contribution in [0.3, 0.4) is 0 Å². The van der Waals surface area contributed by atoms with E-state index in [2.05, 4.69) is 5.32 Å². The molecule has 1 aliphatic heterocycles. The second kappa shape index (κ2) is 5.99. The van der Waals surface area contributed by atoms with E-state index in [1.54, 1.807) is 0 Å². The van der Waals surface area contributed by atoms with Crippen molar-refractivity contribution in [3.63, 3.8) is 0 Å². The van der Waals surface area contributed by atoms with Crippen LogP contribution >= 0.6 is 0 Å². The fourth-order valence-corrected chi connectivity index (χ4v) is 2.30. The van der Waals surface area contributed by atoms with Crippen molar-refractivity contribution in [1.29, 1.82) is 0 Å². The van der Waals surface area contributed by atoms with E-state index in [1.165, 1.54) is 36.4 Å². The highest BCUT2D eigenvalue weighted by atomic mass is 19.4. The molecule has 0 aromatic heterocycles. The van der Waals surface area contributed by atoms with Gasteiger partial charge in [-0.05, 0) is 36.4 Å². The topological polar surface area (TPSA) is 38.3 Å². The minimum Gasteiger partial charge on any atom is -0.485 e. The van der Waals surface area contributed by atoms with Gasteiger partial charge in [-0.15, -0.1) is 0 Å². The van der Waals surface area contributed by atoms with Gasteiger partial charge in [-0.3, -0.25) is 4.79 Å². The Morgan fingerprint density at radius 1 is 1.04 bits per heavy atom. The van der Waals surface area contributed by atoms with Crippen molar-refractivity contribution >= 4 is 11.7 Å². The summed E-state index contributed by atoms with van der Waals surface area (Å²) in [6.07, 6.45) is -4.63. The maximum atomic E-state index is 13.0. The number of hydrogen-bond acceptors (Lipinski definition) is 2. The monoisotopic (exact) mass is 337 g/mol. The fourth-order valence-electron chi connectivity index (χ4n) is 2.30. The molecule has 1 heterocycles. The summed E-state index contributed by atoms with van der Waals surface area (Å²) in [4.78, 5) is 12.2. The Bertz CT molecular complexity index is 810. The second-order valence-electron chi connectivity index (χ2n) is 5.10. The summed E-state index contributed by atoms with van der Waals surface area (Å²) in [5, 5.41) is 2.43. The zero-order chi connectivity index (χ0) is 17.3. The lowest BCUT2D eigenvalue weighted by molar-refractivity contribution is -0.137. The Balaban J connectivity index is 1.86. The van der Waals surface area contributed by atoms with Crippen LogP contribution in [-0.2, 0) is 10.9 Å². The highest BCUT2D eigenvalue weighted by Crippen LogP contribution is 2.32. The Morgan fingerprint density at radius 3 is 2.29 bits per heavy atom. The van der Waals surface area contributed by atoms with Crippen LogP contribution in [0.5, 0.6) is 0 Å². The van der Waals surface area contributed by atoms with Crippen LogP contribution in [0, 0.1) is 5.82 Å². The molecule has 0 saturated heterocycles. The first-order valence-electron chi connectivity index (χ1n) is 6.96. The van der Waals surface area contributed by atoms with Gasteiger partial charge in [0.15, 0.2) is 0 Å². The van der Waals surface area contributed by atoms with E-state index in [0.29, 0.717) is 17.0 Å². The third-order valence-electron chi connectivity index (χ3n) is 3.48. The molecular weight excluding hydrogens is 326 g/mol. The lowest BCUT2D eigenvalue weighted by atomic mass is 10.1. The zero-order valence-electron chi connectivity index (χ0n) is 12.2. The summed E-state index contributed by atoms with van der Waals surface area (Å²) >= 11 is 0. The molecule has 1 aliphatic rings. The van der Waals surface area contributed by atoms with Gasteiger partial charge in [0.2, 0.25) is 0 Å². The maximum absolute atomic E-state index is 13.0. The molecule has 2 aromatic carbocycles. The molecule has 24 heavy (non-hydrogen) atoms. The second-order valence-corrected chi connectivity index (χ2v) is 5.10. The maximum Gasteiger partial charge on any atom is 0.417 e. The highest BCUT2D eigenvalue weighted by molar-refractivity contribution is 5.98. The average molecular weight is 337 g/mol. The molecule has 7 heteroatoms. The Kier molecular flexibility index (Phi) is 4.01. The van der Waals surface area contributed by atoms with Crippen molar-refractivity contribution in [2.24, 2.45) is 0 Å². The molecule has 0 bridgehead atoms. The van der Waals surface area contributed by atoms with E-state index in [0.717, 1.165) is 12.1 Å². The number of hydrogen-bond donors (Lipinski definition) is 1. The Hall–Kier alpha value is -2.83. The molecule has 2 aromatic rings. The van der Waals surface area contributed by atoms with E-state index < -0.39 is 29.0 Å². The van der Waals surface area contributed by atoms with E-state index >= 15 is 0 Å². The summed E-state index contributed by atoms with van der Waals surface area (Å²) in [6.45, 7) is 0.0621. The predicted octanol–water partition coefficient (Wildman–Crippen LogP) is 3.97. The lowest BCUT2D eigenvalue weighted by Crippen LogP contribution is -2.32. The first kappa shape index (κ1) is 16.0. The number of carbonyl (C=O) groups is 1. The van der Waals surface area contributed by atoms with Crippen LogP contribution in [0.2, 0.25) is 0 Å². The third-order valence-corrected chi connectivity index (χ3v) is 3.48. The lowest BCUT2D eigenvalue weighted by Gasteiger charge is -2.26. The summed E-state index contributed by atoms with van der Waals surface area (Å²) < 4.78 is 57.1. The number of rotatable bonds is 3. The molecule has 3 rings (SSSR count). The van der Waals surface area contributed by atoms with Gasteiger partial charge in [-0.25, -0.2) is 4.39 Å². The van der Waals surface area contributed by atoms with Crippen LogP contribution in [0.25, 0.3) is 5.76 Å². The van der Waals surface area contributed by atoms with Crippen LogP contribution in [-0.4, -0.2) is 12.5 Å². The van der Waals surface area contributed by atoms with Crippen molar-refractivity contribution in [2.45, 2.75) is 6.18 Å². The molecule has 124 valence electrons. The predicted molar refractivity (Wildman–Crippen MR) is 78.2 cm³/mol. The molecule has 0 atom stereocenters. The molecule has 0 aliphatic carbocycles. The Morgan fingerprint density at radius 2 is 1.71 bits per heavy atom. The summed E-state index contributed by atoms with van der Waals surface area (Å²) in [6, 6.07) is 9.90. The van der Waals surface area contributed by atoms with Crippen molar-refractivity contribution in [3.05, 3.63) is 76.7 Å². The molecule has 0 spiro atoms. The number of nitrogens with one attached hydrogen (secondary N) is 1. The highest BCUT2D eigenvalue weighted by Gasteiger charge is 2.35. The van der Waals surface area contributed by atoms with E-state index in [9.17, 15) is 22.4 Å². The summed E-state index contributed by atoms with van der Waals surface area (Å²) in [7, 11) is 0. The van der Waals surface area contributed by atoms with Crippen molar-refractivity contribution < 1.29 is 27.1 Å². The molecule has 1 amide bonds. The van der Waals surface area contributed by atoms with E-state index in [-0.39, 0.29) is 6.61 Å². The van der Waals surface area contributed by atoms with Crippen molar-refractivity contribution in [3.8, 4) is 0 Å². The van der Waals surface area contributed by atoms with E-state index in [1.807, 2.05) is 0 Å². The molecule has 0 fully saturated rings. The number of alkyl halides is 3. The van der Waals surface area contributed by atoms with Gasteiger partial charge in [0.25, 0.3) is 5.91 Å². The van der Waals surface area contributed by atoms with Crippen LogP contribution < -0.4 is 5.32 Å². The SMILES string of the molecule is O=C(NC1=C(c2ccc(F)cc2)OC1)c1ccccc1C(F)(F)F. The minimum atomic E-state index is -4.63. The van der Waals surface area contributed by atoms with Gasteiger partial charge < -0.3 is 10.1 Å². The normalized spacial score (nSPS) is 14.0. The van der Waals surface area contributed by atoms with Gasteiger partial charge in [0.05, 0.1) is 16.8 Å². The van der Waals surface area contributed by atoms with Crippen molar-refractivity contribution in [1.82, 2.24) is 5.32 Å². The molecule has 0 radical (unpaired) electrons. The zero-order valence-corrected chi connectivity index (χ0v) is 12.2. The largest absolute Gasteiger partial charge is 0.485 e. The first-order chi connectivity index (χ1) is 11.4. The number of benzene rings is 2. The van der Waals surface area contributed by atoms with Crippen LogP contribution in [0.15, 0.2) is 54.2 Å². The van der Waals surface area contributed by atoms with Crippen LogP contribution in [0.1, 0.15) is 21.5 Å². The molecule has 3 nitrogen and oxygen atoms in total. The van der Waals surface area contributed by atoms with Crippen LogP contribution in [0.4, 0.5) is 17.6 Å². The number of ether oxygens (including phenoxy) is 1. The average Bonchev–Trinajstić information content (AvgIpc) is 2.52.